The van der Waals surface area contributed by atoms with Gasteiger partial charge in [-0.15, -0.1) is 0 Å². The number of hydrogen-bond acceptors (Lipinski definition) is 7. The minimum Gasteiger partial charge on any atom is -0.504 e. The van der Waals surface area contributed by atoms with E-state index in [1.165, 1.54) is 19.2 Å². The summed E-state index contributed by atoms with van der Waals surface area (Å²) in [6.45, 7) is 2.81. The average molecular weight is 430 g/mol. The summed E-state index contributed by atoms with van der Waals surface area (Å²) in [6, 6.07) is 5.60. The molecular formula is C22H26N2O7. The highest BCUT2D eigenvalue weighted by atomic mass is 16.5. The summed E-state index contributed by atoms with van der Waals surface area (Å²) in [4.78, 5) is 38.7. The molecular weight excluding hydrogens is 404 g/mol. The number of hydrogen-bond donors (Lipinski definition) is 3. The van der Waals surface area contributed by atoms with Crippen molar-refractivity contribution in [2.24, 2.45) is 0 Å². The summed E-state index contributed by atoms with van der Waals surface area (Å²) in [5.74, 6) is -1.77. The lowest BCUT2D eigenvalue weighted by molar-refractivity contribution is -0.132. The second kappa shape index (κ2) is 9.55. The molecule has 1 atom stereocenters. The third kappa shape index (κ3) is 5.17. The van der Waals surface area contributed by atoms with Gasteiger partial charge in [0.05, 0.1) is 19.6 Å². The van der Waals surface area contributed by atoms with Gasteiger partial charge in [0.2, 0.25) is 23.0 Å². The van der Waals surface area contributed by atoms with Gasteiger partial charge in [0.15, 0.2) is 17.3 Å². The predicted molar refractivity (Wildman–Crippen MR) is 111 cm³/mol. The molecule has 166 valence electrons. The minimum atomic E-state index is -0.844. The lowest BCUT2D eigenvalue weighted by Crippen LogP contribution is -2.39. The lowest BCUT2D eigenvalue weighted by atomic mass is 9.91. The number of nitrogens with one attached hydrogen (secondary N) is 1. The second-order valence-electron chi connectivity index (χ2n) is 7.49. The Balaban J connectivity index is 1.86. The Morgan fingerprint density at radius 3 is 2.61 bits per heavy atom. The highest BCUT2D eigenvalue weighted by Gasteiger charge is 2.27. The number of carbonyl (C=O) groups is 2. The van der Waals surface area contributed by atoms with E-state index in [0.29, 0.717) is 18.7 Å². The van der Waals surface area contributed by atoms with Crippen molar-refractivity contribution in [3.63, 3.8) is 0 Å². The molecule has 0 saturated carbocycles. The molecule has 0 bridgehead atoms. The van der Waals surface area contributed by atoms with Gasteiger partial charge in [-0.05, 0) is 37.5 Å². The maximum atomic E-state index is 12.7. The van der Waals surface area contributed by atoms with Crippen LogP contribution in [0.15, 0.2) is 33.5 Å². The summed E-state index contributed by atoms with van der Waals surface area (Å²) in [6.07, 6.45) is 1.72. The van der Waals surface area contributed by atoms with Crippen molar-refractivity contribution in [3.05, 3.63) is 51.6 Å². The van der Waals surface area contributed by atoms with Gasteiger partial charge in [0, 0.05) is 25.6 Å². The molecule has 3 rings (SSSR count). The number of ether oxygens (including phenoxy) is 1. The first-order valence-corrected chi connectivity index (χ1v) is 10.0. The number of carbonyl (C=O) groups excluding carboxylic acids is 2. The first kappa shape index (κ1) is 22.2. The van der Waals surface area contributed by atoms with Gasteiger partial charge in [0.1, 0.15) is 5.76 Å². The zero-order valence-electron chi connectivity index (χ0n) is 17.5. The van der Waals surface area contributed by atoms with E-state index >= 15 is 0 Å². The number of aryl methyl sites for hydroxylation is 1. The van der Waals surface area contributed by atoms with Crippen LogP contribution in [0.1, 0.15) is 42.3 Å². The molecule has 0 aliphatic carbocycles. The number of aromatic hydroxyl groups is 2. The molecule has 1 fully saturated rings. The predicted octanol–water partition coefficient (Wildman–Crippen LogP) is 1.63. The molecule has 1 aromatic carbocycles. The smallest absolute Gasteiger partial charge is 0.241 e. The summed E-state index contributed by atoms with van der Waals surface area (Å²) in [5.41, 5.74) is -0.140. The molecule has 1 saturated heterocycles. The topological polar surface area (TPSA) is 129 Å². The molecule has 1 aliphatic heterocycles. The van der Waals surface area contributed by atoms with Crippen LogP contribution in [0.5, 0.6) is 17.2 Å². The quantitative estimate of drug-likeness (QED) is 0.609. The largest absolute Gasteiger partial charge is 0.504 e. The first-order chi connectivity index (χ1) is 14.8. The molecule has 9 nitrogen and oxygen atoms in total. The number of benzene rings is 1. The van der Waals surface area contributed by atoms with Gasteiger partial charge in [-0.1, -0.05) is 6.07 Å². The number of rotatable bonds is 7. The van der Waals surface area contributed by atoms with E-state index < -0.39 is 23.0 Å². The first-order valence-electron chi connectivity index (χ1n) is 10.0. The van der Waals surface area contributed by atoms with E-state index in [-0.39, 0.29) is 41.9 Å². The van der Waals surface area contributed by atoms with Gasteiger partial charge < -0.3 is 29.6 Å². The van der Waals surface area contributed by atoms with Crippen LogP contribution < -0.4 is 15.5 Å². The number of nitrogens with zero attached hydrogens (tertiary/aromatic N) is 1. The molecule has 2 amide bonds. The SMILES string of the molecule is COc1cc([C@@H](CC(=O)NCC(=O)N2CCCC2)c2oc(C)cc(=O)c2O)ccc1O. The summed E-state index contributed by atoms with van der Waals surface area (Å²) in [7, 11) is 1.38. The fraction of sp³-hybridized carbons (Fsp3) is 0.409. The van der Waals surface area contributed by atoms with Crippen molar-refractivity contribution >= 4 is 11.8 Å². The number of phenolic OH excluding ortho intramolecular Hbond substituents is 1. The van der Waals surface area contributed by atoms with E-state index in [4.69, 9.17) is 9.15 Å². The zero-order chi connectivity index (χ0) is 22.5. The van der Waals surface area contributed by atoms with E-state index in [1.807, 2.05) is 0 Å². The van der Waals surface area contributed by atoms with E-state index in [0.717, 1.165) is 18.9 Å². The van der Waals surface area contributed by atoms with Crippen LogP contribution in [-0.2, 0) is 9.59 Å². The van der Waals surface area contributed by atoms with E-state index in [1.54, 1.807) is 17.9 Å². The highest BCUT2D eigenvalue weighted by molar-refractivity contribution is 5.85. The summed E-state index contributed by atoms with van der Waals surface area (Å²) >= 11 is 0. The number of methoxy groups -OCH3 is 1. The van der Waals surface area contributed by atoms with Crippen molar-refractivity contribution in [3.8, 4) is 17.2 Å². The minimum absolute atomic E-state index is 0.0706. The third-order valence-corrected chi connectivity index (χ3v) is 5.28. The fourth-order valence-corrected chi connectivity index (χ4v) is 3.64. The van der Waals surface area contributed by atoms with Crippen LogP contribution in [0, 0.1) is 6.92 Å². The van der Waals surface area contributed by atoms with Gasteiger partial charge in [0.25, 0.3) is 0 Å². The Bertz CT molecular complexity index is 1030. The van der Waals surface area contributed by atoms with Crippen LogP contribution in [-0.4, -0.2) is 53.7 Å². The number of likely N-dealkylation sites (tertiary alicyclic amines) is 1. The highest BCUT2D eigenvalue weighted by Crippen LogP contribution is 2.37. The standard InChI is InChI=1S/C22H26N2O7/c1-13-9-17(26)21(29)22(31-13)15(14-5-6-16(25)18(10-14)30-2)11-19(27)23-12-20(28)24-7-3-4-8-24/h5-6,9-10,15,25,29H,3-4,7-8,11-12H2,1-2H3,(H,23,27)/t15-/m1/s1. The number of amides is 2. The van der Waals surface area contributed by atoms with Crippen LogP contribution in [0.3, 0.4) is 0 Å². The van der Waals surface area contributed by atoms with Gasteiger partial charge in [-0.2, -0.15) is 0 Å². The van der Waals surface area contributed by atoms with Crippen LogP contribution in [0.4, 0.5) is 0 Å². The Labute approximate surface area is 179 Å². The third-order valence-electron chi connectivity index (χ3n) is 5.28. The van der Waals surface area contributed by atoms with E-state index in [2.05, 4.69) is 5.32 Å². The van der Waals surface area contributed by atoms with Gasteiger partial charge >= 0.3 is 0 Å². The maximum absolute atomic E-state index is 12.7. The van der Waals surface area contributed by atoms with Crippen LogP contribution >= 0.6 is 0 Å². The molecule has 2 aromatic rings. The normalized spacial score (nSPS) is 14.3. The summed E-state index contributed by atoms with van der Waals surface area (Å²) < 4.78 is 10.7. The van der Waals surface area contributed by atoms with Gasteiger partial charge in [-0.3, -0.25) is 14.4 Å². The van der Waals surface area contributed by atoms with Crippen LogP contribution in [0.2, 0.25) is 0 Å². The molecule has 3 N–H and O–H groups in total. The molecule has 1 aliphatic rings. The van der Waals surface area contributed by atoms with Crippen molar-refractivity contribution in [2.75, 3.05) is 26.7 Å². The van der Waals surface area contributed by atoms with Crippen LogP contribution in [0.25, 0.3) is 0 Å². The Morgan fingerprint density at radius 1 is 1.23 bits per heavy atom. The maximum Gasteiger partial charge on any atom is 0.241 e. The Morgan fingerprint density at radius 2 is 1.94 bits per heavy atom. The van der Waals surface area contributed by atoms with Crippen molar-refractivity contribution < 1.29 is 29.0 Å². The lowest BCUT2D eigenvalue weighted by Gasteiger charge is -2.19. The average Bonchev–Trinajstić information content (AvgIpc) is 3.28. The van der Waals surface area contributed by atoms with Gasteiger partial charge in [-0.25, -0.2) is 0 Å². The van der Waals surface area contributed by atoms with E-state index in [9.17, 15) is 24.6 Å². The molecule has 0 spiro atoms. The molecule has 1 aromatic heterocycles. The molecule has 9 heteroatoms. The van der Waals surface area contributed by atoms with Crippen molar-refractivity contribution in [1.82, 2.24) is 10.2 Å². The molecule has 2 heterocycles. The Kier molecular flexibility index (Phi) is 6.84. The monoisotopic (exact) mass is 430 g/mol. The van der Waals surface area contributed by atoms with Crippen molar-refractivity contribution in [2.45, 2.75) is 32.1 Å². The van der Waals surface area contributed by atoms with Crippen molar-refractivity contribution in [1.29, 1.82) is 0 Å². The molecule has 31 heavy (non-hydrogen) atoms. The summed E-state index contributed by atoms with van der Waals surface area (Å²) in [5, 5.41) is 22.8. The molecule has 0 radical (unpaired) electrons. The number of phenols is 1. The molecule has 0 unspecified atom stereocenters. The zero-order valence-corrected chi connectivity index (χ0v) is 17.5. The second-order valence-corrected chi connectivity index (χ2v) is 7.49. The Hall–Kier alpha value is -3.49. The fourth-order valence-electron chi connectivity index (χ4n) is 3.64.